The molecule has 1 unspecified atom stereocenters. The number of hydrogen-bond acceptors (Lipinski definition) is 5. The fourth-order valence-corrected chi connectivity index (χ4v) is 8.46. The summed E-state index contributed by atoms with van der Waals surface area (Å²) in [6.45, 7) is 1.54. The highest BCUT2D eigenvalue weighted by atomic mass is 32.2. The van der Waals surface area contributed by atoms with Gasteiger partial charge in [0.05, 0.1) is 16.6 Å². The van der Waals surface area contributed by atoms with Crippen LogP contribution in [0.4, 0.5) is 5.69 Å². The predicted molar refractivity (Wildman–Crippen MR) is 147 cm³/mol. The van der Waals surface area contributed by atoms with E-state index in [9.17, 15) is 19.5 Å². The number of amides is 3. The van der Waals surface area contributed by atoms with Gasteiger partial charge in [0.25, 0.3) is 0 Å². The molecule has 8 heteroatoms. The van der Waals surface area contributed by atoms with Crippen molar-refractivity contribution in [1.29, 1.82) is 0 Å². The van der Waals surface area contributed by atoms with E-state index < -0.39 is 22.6 Å². The first-order valence-corrected chi connectivity index (χ1v) is 14.1. The van der Waals surface area contributed by atoms with Crippen molar-refractivity contribution in [3.8, 4) is 0 Å². The Kier molecular flexibility index (Phi) is 6.61. The van der Waals surface area contributed by atoms with E-state index in [1.807, 2.05) is 78.9 Å². The third-order valence-electron chi connectivity index (χ3n) is 8.08. The average Bonchev–Trinajstić information content (AvgIpc) is 3.25. The number of para-hydroxylation sites is 1. The van der Waals surface area contributed by atoms with Crippen LogP contribution in [0.5, 0.6) is 0 Å². The minimum Gasteiger partial charge on any atom is -0.396 e. The maximum Gasteiger partial charge on any atom is 0.247 e. The van der Waals surface area contributed by atoms with Crippen molar-refractivity contribution in [2.45, 2.75) is 29.0 Å². The Morgan fingerprint density at radius 1 is 0.895 bits per heavy atom. The fourth-order valence-electron chi connectivity index (χ4n) is 6.45. The van der Waals surface area contributed by atoms with Gasteiger partial charge in [-0.05, 0) is 24.1 Å². The zero-order valence-electron chi connectivity index (χ0n) is 21.1. The van der Waals surface area contributed by atoms with Gasteiger partial charge >= 0.3 is 0 Å². The molecule has 2 aromatic carbocycles. The Balaban J connectivity index is 1.40. The van der Waals surface area contributed by atoms with E-state index in [0.717, 1.165) is 11.3 Å². The number of aliphatic hydroxyl groups is 1. The molecular weight excluding hydrogens is 498 g/mol. The number of fused-ring (bicyclic) bond motifs is 2. The molecule has 196 valence electrons. The second-order valence-electron chi connectivity index (χ2n) is 10.3. The Hall–Kier alpha value is -3.36. The van der Waals surface area contributed by atoms with Crippen LogP contribution < -0.4 is 4.90 Å². The SMILES string of the molecule is O=C1C2N(CCCO)C(=O)[C@@H]3[C@@H]4C(=O)N(c5ccccc5)CC=C[C@@H]4S[C@]23C=CCN1Cc1ccccc1. The van der Waals surface area contributed by atoms with Gasteiger partial charge in [-0.3, -0.25) is 14.4 Å². The number of rotatable bonds is 6. The van der Waals surface area contributed by atoms with Crippen LogP contribution in [0.3, 0.4) is 0 Å². The molecule has 0 radical (unpaired) electrons. The number of anilines is 1. The van der Waals surface area contributed by atoms with Gasteiger partial charge in [0.2, 0.25) is 17.7 Å². The molecule has 0 aliphatic carbocycles. The summed E-state index contributed by atoms with van der Waals surface area (Å²) in [7, 11) is 0. The predicted octanol–water partition coefficient (Wildman–Crippen LogP) is 2.87. The first kappa shape index (κ1) is 24.9. The first-order chi connectivity index (χ1) is 18.5. The van der Waals surface area contributed by atoms with E-state index in [2.05, 4.69) is 6.08 Å². The molecule has 1 spiro atoms. The van der Waals surface area contributed by atoms with Gasteiger partial charge < -0.3 is 19.8 Å². The maximum atomic E-state index is 14.2. The quantitative estimate of drug-likeness (QED) is 0.582. The highest BCUT2D eigenvalue weighted by Gasteiger charge is 2.70. The summed E-state index contributed by atoms with van der Waals surface area (Å²) in [5.41, 5.74) is 1.82. The standard InChI is InChI=1S/C30H31N3O4S/c34-19-9-18-33-26-29(37)31(20-21-10-3-1-4-11-21)16-8-15-30(26)25(28(33)36)24-23(38-30)14-7-17-32(27(24)35)22-12-5-2-6-13-22/h1-8,10-15,23-26,34H,9,16-20H2/t23-,24+,25-,26?,30-/m0/s1. The van der Waals surface area contributed by atoms with Crippen molar-refractivity contribution >= 4 is 35.2 Å². The van der Waals surface area contributed by atoms with Crippen LogP contribution in [0.2, 0.25) is 0 Å². The van der Waals surface area contributed by atoms with E-state index in [0.29, 0.717) is 26.1 Å². The smallest absolute Gasteiger partial charge is 0.247 e. The Morgan fingerprint density at radius 2 is 1.63 bits per heavy atom. The second-order valence-corrected chi connectivity index (χ2v) is 11.8. The minimum absolute atomic E-state index is 0.0748. The van der Waals surface area contributed by atoms with E-state index in [1.54, 1.807) is 26.5 Å². The van der Waals surface area contributed by atoms with Crippen molar-refractivity contribution in [2.75, 3.05) is 31.1 Å². The number of benzene rings is 2. The van der Waals surface area contributed by atoms with Crippen molar-refractivity contribution in [3.63, 3.8) is 0 Å². The summed E-state index contributed by atoms with van der Waals surface area (Å²) in [4.78, 5) is 47.7. The maximum absolute atomic E-state index is 14.2. The Bertz CT molecular complexity index is 1280. The topological polar surface area (TPSA) is 81.2 Å². The lowest BCUT2D eigenvalue weighted by Gasteiger charge is -2.35. The van der Waals surface area contributed by atoms with Crippen molar-refractivity contribution < 1.29 is 19.5 Å². The molecule has 2 fully saturated rings. The van der Waals surface area contributed by atoms with Gasteiger partial charge in [-0.25, -0.2) is 0 Å². The van der Waals surface area contributed by atoms with Crippen LogP contribution in [0.15, 0.2) is 85.0 Å². The molecule has 6 rings (SSSR count). The summed E-state index contributed by atoms with van der Waals surface area (Å²) >= 11 is 1.58. The molecule has 1 N–H and O–H groups in total. The summed E-state index contributed by atoms with van der Waals surface area (Å²) < 4.78 is -0.843. The summed E-state index contributed by atoms with van der Waals surface area (Å²) in [6, 6.07) is 18.7. The summed E-state index contributed by atoms with van der Waals surface area (Å²) in [6.07, 6.45) is 8.47. The van der Waals surface area contributed by atoms with Gasteiger partial charge in [-0.2, -0.15) is 0 Å². The van der Waals surface area contributed by atoms with E-state index >= 15 is 0 Å². The molecule has 2 aromatic rings. The highest BCUT2D eigenvalue weighted by Crippen LogP contribution is 2.61. The fraction of sp³-hybridized carbons (Fsp3) is 0.367. The van der Waals surface area contributed by atoms with Crippen molar-refractivity contribution in [3.05, 3.63) is 90.5 Å². The average molecular weight is 530 g/mol. The number of nitrogens with zero attached hydrogens (tertiary/aromatic N) is 3. The molecule has 2 saturated heterocycles. The normalized spacial score (nSPS) is 30.2. The van der Waals surface area contributed by atoms with Crippen LogP contribution in [0, 0.1) is 11.8 Å². The van der Waals surface area contributed by atoms with Gasteiger partial charge in [0.1, 0.15) is 6.04 Å². The third-order valence-corrected chi connectivity index (χ3v) is 9.83. The zero-order chi connectivity index (χ0) is 26.3. The molecule has 3 amide bonds. The number of hydrogen-bond donors (Lipinski definition) is 1. The molecule has 0 aromatic heterocycles. The van der Waals surface area contributed by atoms with E-state index in [-0.39, 0.29) is 36.1 Å². The number of carbonyl (C=O) groups is 3. The van der Waals surface area contributed by atoms with Gasteiger partial charge in [0.15, 0.2) is 0 Å². The second kappa shape index (κ2) is 10.1. The van der Waals surface area contributed by atoms with Crippen LogP contribution in [-0.2, 0) is 20.9 Å². The van der Waals surface area contributed by atoms with Crippen LogP contribution in [0.1, 0.15) is 12.0 Å². The first-order valence-electron chi connectivity index (χ1n) is 13.2. The molecule has 0 saturated carbocycles. The van der Waals surface area contributed by atoms with Gasteiger partial charge in [0, 0.05) is 43.7 Å². The Labute approximate surface area is 226 Å². The van der Waals surface area contributed by atoms with Gasteiger partial charge in [-0.1, -0.05) is 72.8 Å². The lowest BCUT2D eigenvalue weighted by molar-refractivity contribution is -0.143. The Morgan fingerprint density at radius 3 is 2.37 bits per heavy atom. The number of thioether (sulfide) groups is 1. The van der Waals surface area contributed by atoms with Gasteiger partial charge in [-0.15, -0.1) is 11.8 Å². The number of aliphatic hydroxyl groups excluding tert-OH is 1. The zero-order valence-corrected chi connectivity index (χ0v) is 21.9. The molecule has 38 heavy (non-hydrogen) atoms. The molecule has 4 aliphatic heterocycles. The molecular formula is C30H31N3O4S. The van der Waals surface area contributed by atoms with Crippen LogP contribution in [0.25, 0.3) is 0 Å². The third kappa shape index (κ3) is 3.98. The molecule has 4 aliphatic rings. The molecule has 7 nitrogen and oxygen atoms in total. The summed E-state index contributed by atoms with van der Waals surface area (Å²) in [5.74, 6) is -1.58. The number of carbonyl (C=O) groups excluding carboxylic acids is 3. The minimum atomic E-state index is -0.843. The lowest BCUT2D eigenvalue weighted by atomic mass is 9.78. The molecule has 5 atom stereocenters. The van der Waals surface area contributed by atoms with E-state index in [4.69, 9.17) is 0 Å². The largest absolute Gasteiger partial charge is 0.396 e. The van der Waals surface area contributed by atoms with Crippen molar-refractivity contribution in [2.24, 2.45) is 11.8 Å². The molecule has 0 bridgehead atoms. The van der Waals surface area contributed by atoms with Crippen LogP contribution >= 0.6 is 11.8 Å². The molecule has 4 heterocycles. The van der Waals surface area contributed by atoms with Crippen LogP contribution in [-0.4, -0.2) is 74.9 Å². The summed E-state index contributed by atoms with van der Waals surface area (Å²) in [5, 5.41) is 9.38. The van der Waals surface area contributed by atoms with Crippen molar-refractivity contribution in [1.82, 2.24) is 9.80 Å². The highest BCUT2D eigenvalue weighted by molar-refractivity contribution is 8.02. The monoisotopic (exact) mass is 529 g/mol. The number of likely N-dealkylation sites (tertiary alicyclic amines) is 1. The van der Waals surface area contributed by atoms with E-state index in [1.165, 1.54) is 0 Å². The lowest BCUT2D eigenvalue weighted by Crippen LogP contribution is -2.53.